The van der Waals surface area contributed by atoms with Crippen LogP contribution < -0.4 is 5.32 Å². The average Bonchev–Trinajstić information content (AvgIpc) is 3.12. The first-order valence-corrected chi connectivity index (χ1v) is 7.71. The normalized spacial score (nSPS) is 18.0. The van der Waals surface area contributed by atoms with Crippen molar-refractivity contribution in [2.24, 2.45) is 0 Å². The van der Waals surface area contributed by atoms with E-state index in [9.17, 15) is 0 Å². The van der Waals surface area contributed by atoms with Crippen LogP contribution in [0.1, 0.15) is 44.8 Å². The van der Waals surface area contributed by atoms with E-state index in [0.29, 0.717) is 25.3 Å². The summed E-state index contributed by atoms with van der Waals surface area (Å²) < 4.78 is 13.1. The average molecular weight is 281 g/mol. The molecule has 5 nitrogen and oxygen atoms in total. The van der Waals surface area contributed by atoms with Gasteiger partial charge in [-0.25, -0.2) is 0 Å². The minimum Gasteiger partial charge on any atom is -0.350 e. The number of nitrogens with zero attached hydrogens (tertiary/aromatic N) is 2. The Morgan fingerprint density at radius 2 is 2.05 bits per heavy atom. The summed E-state index contributed by atoms with van der Waals surface area (Å²) >= 11 is 0. The minimum atomic E-state index is -0.0615. The van der Waals surface area contributed by atoms with E-state index in [4.69, 9.17) is 14.6 Å². The minimum absolute atomic E-state index is 0.0615. The molecule has 20 heavy (non-hydrogen) atoms. The second-order valence-electron chi connectivity index (χ2n) is 5.35. The third kappa shape index (κ3) is 4.04. The largest absolute Gasteiger partial charge is 0.350 e. The Bertz CT molecular complexity index is 384. The van der Waals surface area contributed by atoms with E-state index in [2.05, 4.69) is 36.1 Å². The molecule has 0 bridgehead atoms. The Hall–Kier alpha value is -0.910. The second kappa shape index (κ2) is 7.76. The van der Waals surface area contributed by atoms with E-state index in [0.717, 1.165) is 31.4 Å². The van der Waals surface area contributed by atoms with Gasteiger partial charge in [0.05, 0.1) is 24.9 Å². The van der Waals surface area contributed by atoms with Crippen molar-refractivity contribution in [1.29, 1.82) is 0 Å². The van der Waals surface area contributed by atoms with E-state index in [-0.39, 0.29) is 6.29 Å². The molecule has 1 aromatic rings. The molecule has 0 saturated carbocycles. The molecule has 2 rings (SSSR count). The molecule has 1 aromatic heterocycles. The van der Waals surface area contributed by atoms with Crippen LogP contribution in [-0.4, -0.2) is 42.4 Å². The molecule has 1 N–H and O–H groups in total. The Morgan fingerprint density at radius 1 is 1.35 bits per heavy atom. The molecule has 0 spiro atoms. The lowest BCUT2D eigenvalue weighted by molar-refractivity contribution is -0.0523. The van der Waals surface area contributed by atoms with Gasteiger partial charge in [0, 0.05) is 25.1 Å². The molecular formula is C15H27N3O2. The Kier molecular flexibility index (Phi) is 6.01. The highest BCUT2D eigenvalue weighted by Crippen LogP contribution is 2.17. The number of ether oxygens (including phenoxy) is 2. The summed E-state index contributed by atoms with van der Waals surface area (Å²) in [6.07, 6.45) is 6.06. The number of hydrogen-bond acceptors (Lipinski definition) is 4. The summed E-state index contributed by atoms with van der Waals surface area (Å²) in [5.41, 5.74) is 1.13. The molecule has 1 unspecified atom stereocenters. The number of nitrogens with one attached hydrogen (secondary N) is 1. The third-order valence-corrected chi connectivity index (χ3v) is 4.01. The highest BCUT2D eigenvalue weighted by molar-refractivity contribution is 5.02. The molecule has 0 aliphatic carbocycles. The van der Waals surface area contributed by atoms with Gasteiger partial charge in [0.15, 0.2) is 6.29 Å². The first kappa shape index (κ1) is 15.5. The molecule has 114 valence electrons. The van der Waals surface area contributed by atoms with E-state index < -0.39 is 0 Å². The van der Waals surface area contributed by atoms with Gasteiger partial charge in [-0.2, -0.15) is 5.10 Å². The lowest BCUT2D eigenvalue weighted by Gasteiger charge is -2.18. The van der Waals surface area contributed by atoms with Crippen LogP contribution in [0.15, 0.2) is 12.3 Å². The zero-order valence-corrected chi connectivity index (χ0v) is 12.8. The predicted molar refractivity (Wildman–Crippen MR) is 78.7 cm³/mol. The predicted octanol–water partition coefficient (Wildman–Crippen LogP) is 2.14. The third-order valence-electron chi connectivity index (χ3n) is 4.01. The van der Waals surface area contributed by atoms with Crippen LogP contribution in [0.4, 0.5) is 0 Å². The van der Waals surface area contributed by atoms with Crippen molar-refractivity contribution in [1.82, 2.24) is 15.1 Å². The van der Waals surface area contributed by atoms with E-state index in [1.54, 1.807) is 0 Å². The van der Waals surface area contributed by atoms with Crippen LogP contribution in [-0.2, 0) is 15.9 Å². The summed E-state index contributed by atoms with van der Waals surface area (Å²) in [7, 11) is 1.98. The van der Waals surface area contributed by atoms with Crippen LogP contribution in [0.5, 0.6) is 0 Å². The molecule has 0 radical (unpaired) electrons. The molecule has 5 heteroatoms. The maximum atomic E-state index is 5.51. The maximum Gasteiger partial charge on any atom is 0.159 e. The fourth-order valence-electron chi connectivity index (χ4n) is 2.68. The van der Waals surface area contributed by atoms with Gasteiger partial charge in [-0.05, 0) is 26.0 Å². The van der Waals surface area contributed by atoms with Crippen molar-refractivity contribution in [3.05, 3.63) is 18.0 Å². The summed E-state index contributed by atoms with van der Waals surface area (Å²) in [4.78, 5) is 0. The standard InChI is InChI=1S/C15H27N3O2/c1-4-14(5-2)18-7-6-12(17-18)10-13(16-3)11-15-19-8-9-20-15/h6-7,13-16H,4-5,8-11H2,1-3H3. The summed E-state index contributed by atoms with van der Waals surface area (Å²) in [6, 6.07) is 2.97. The van der Waals surface area contributed by atoms with E-state index >= 15 is 0 Å². The fraction of sp³-hybridized carbons (Fsp3) is 0.800. The molecule has 1 aliphatic rings. The van der Waals surface area contributed by atoms with E-state index in [1.165, 1.54) is 0 Å². The zero-order valence-electron chi connectivity index (χ0n) is 12.8. The van der Waals surface area contributed by atoms with Crippen molar-refractivity contribution in [2.45, 2.75) is 57.9 Å². The van der Waals surface area contributed by atoms with Gasteiger partial charge < -0.3 is 14.8 Å². The monoisotopic (exact) mass is 281 g/mol. The van der Waals surface area contributed by atoms with Gasteiger partial charge in [-0.1, -0.05) is 13.8 Å². The van der Waals surface area contributed by atoms with Gasteiger partial charge in [0.1, 0.15) is 0 Å². The van der Waals surface area contributed by atoms with E-state index in [1.807, 2.05) is 7.05 Å². The lowest BCUT2D eigenvalue weighted by atomic mass is 10.1. The SMILES string of the molecule is CCC(CC)n1ccc(CC(CC2OCCO2)NC)n1. The molecule has 0 amide bonds. The highest BCUT2D eigenvalue weighted by atomic mass is 16.7. The number of aromatic nitrogens is 2. The molecular weight excluding hydrogens is 254 g/mol. The van der Waals surface area contributed by atoms with Gasteiger partial charge in [0.25, 0.3) is 0 Å². The molecule has 0 aromatic carbocycles. The molecule has 1 atom stereocenters. The summed E-state index contributed by atoms with van der Waals surface area (Å²) in [6.45, 7) is 5.84. The van der Waals surface area contributed by atoms with Crippen molar-refractivity contribution in [2.75, 3.05) is 20.3 Å². The van der Waals surface area contributed by atoms with Crippen molar-refractivity contribution >= 4 is 0 Å². The Morgan fingerprint density at radius 3 is 2.65 bits per heavy atom. The number of likely N-dealkylation sites (N-methyl/N-ethyl adjacent to an activating group) is 1. The van der Waals surface area contributed by atoms with Crippen LogP contribution >= 0.6 is 0 Å². The summed E-state index contributed by atoms with van der Waals surface area (Å²) in [5, 5.41) is 8.04. The quantitative estimate of drug-likeness (QED) is 0.793. The van der Waals surface area contributed by atoms with Crippen LogP contribution in [0.25, 0.3) is 0 Å². The Labute approximate surface area is 121 Å². The topological polar surface area (TPSA) is 48.3 Å². The van der Waals surface area contributed by atoms with Crippen LogP contribution in [0.3, 0.4) is 0 Å². The number of hydrogen-bond donors (Lipinski definition) is 1. The van der Waals surface area contributed by atoms with Gasteiger partial charge in [-0.15, -0.1) is 0 Å². The lowest BCUT2D eigenvalue weighted by Crippen LogP contribution is -2.32. The van der Waals surface area contributed by atoms with Gasteiger partial charge >= 0.3 is 0 Å². The van der Waals surface area contributed by atoms with Gasteiger partial charge in [-0.3, -0.25) is 4.68 Å². The second-order valence-corrected chi connectivity index (χ2v) is 5.35. The first-order valence-electron chi connectivity index (χ1n) is 7.71. The highest BCUT2D eigenvalue weighted by Gasteiger charge is 2.21. The van der Waals surface area contributed by atoms with Crippen molar-refractivity contribution < 1.29 is 9.47 Å². The molecule has 1 fully saturated rings. The number of rotatable bonds is 8. The first-order chi connectivity index (χ1) is 9.76. The van der Waals surface area contributed by atoms with Crippen LogP contribution in [0.2, 0.25) is 0 Å². The van der Waals surface area contributed by atoms with Crippen molar-refractivity contribution in [3.8, 4) is 0 Å². The maximum absolute atomic E-state index is 5.51. The molecule has 1 saturated heterocycles. The zero-order chi connectivity index (χ0) is 14.4. The van der Waals surface area contributed by atoms with Crippen LogP contribution in [0, 0.1) is 0 Å². The Balaban J connectivity index is 1.90. The fourth-order valence-corrected chi connectivity index (χ4v) is 2.68. The van der Waals surface area contributed by atoms with Gasteiger partial charge in [0.2, 0.25) is 0 Å². The summed E-state index contributed by atoms with van der Waals surface area (Å²) in [5.74, 6) is 0. The van der Waals surface area contributed by atoms with Crippen molar-refractivity contribution in [3.63, 3.8) is 0 Å². The molecule has 1 aliphatic heterocycles. The smallest absolute Gasteiger partial charge is 0.159 e. The molecule has 2 heterocycles.